The minimum absolute atomic E-state index is 0.455. The number of hydrogen-bond donors (Lipinski definition) is 1. The van der Waals surface area contributed by atoms with Crippen LogP contribution in [0.3, 0.4) is 0 Å². The van der Waals surface area contributed by atoms with Gasteiger partial charge in [-0.25, -0.2) is 9.97 Å². The van der Waals surface area contributed by atoms with Crippen molar-refractivity contribution in [1.29, 1.82) is 0 Å². The molecule has 3 rings (SSSR count). The molecule has 5 nitrogen and oxygen atoms in total. The number of nitrogen functional groups attached to an aromatic ring is 1. The van der Waals surface area contributed by atoms with Crippen molar-refractivity contribution in [2.75, 3.05) is 5.73 Å². The molecule has 0 aliphatic carbocycles. The van der Waals surface area contributed by atoms with Gasteiger partial charge in [0.1, 0.15) is 5.69 Å². The maximum atomic E-state index is 6.13. The number of nitrogens with zero attached hydrogens (tertiary/aromatic N) is 4. The van der Waals surface area contributed by atoms with Gasteiger partial charge in [-0.05, 0) is 32.4 Å². The predicted octanol–water partition coefficient (Wildman–Crippen LogP) is 3.10. The van der Waals surface area contributed by atoms with Gasteiger partial charge in [-0.2, -0.15) is 5.10 Å². The molecule has 0 spiro atoms. The van der Waals surface area contributed by atoms with Crippen molar-refractivity contribution < 1.29 is 0 Å². The van der Waals surface area contributed by atoms with Crippen LogP contribution < -0.4 is 5.73 Å². The smallest absolute Gasteiger partial charge is 0.150 e. The first-order chi connectivity index (χ1) is 10.1. The van der Waals surface area contributed by atoms with Crippen molar-refractivity contribution in [2.24, 2.45) is 0 Å². The summed E-state index contributed by atoms with van der Waals surface area (Å²) in [6, 6.07) is 7.76. The lowest BCUT2D eigenvalue weighted by atomic mass is 10.1. The third kappa shape index (κ3) is 2.24. The average molecular weight is 281 g/mol. The highest BCUT2D eigenvalue weighted by Crippen LogP contribution is 2.30. The first-order valence-electron chi connectivity index (χ1n) is 7.18. The van der Waals surface area contributed by atoms with Crippen LogP contribution in [0.1, 0.15) is 24.7 Å². The van der Waals surface area contributed by atoms with Gasteiger partial charge < -0.3 is 5.73 Å². The molecule has 0 saturated carbocycles. The fourth-order valence-electron chi connectivity index (χ4n) is 2.67. The van der Waals surface area contributed by atoms with Crippen LogP contribution in [0.2, 0.25) is 0 Å². The third-order valence-corrected chi connectivity index (χ3v) is 3.65. The lowest BCUT2D eigenvalue weighted by Crippen LogP contribution is -2.02. The zero-order chi connectivity index (χ0) is 15.0. The van der Waals surface area contributed by atoms with Gasteiger partial charge in [0.05, 0.1) is 16.7 Å². The third-order valence-electron chi connectivity index (χ3n) is 3.65. The predicted molar refractivity (Wildman–Crippen MR) is 84.9 cm³/mol. The zero-order valence-electron chi connectivity index (χ0n) is 12.6. The lowest BCUT2D eigenvalue weighted by molar-refractivity contribution is 0.583. The van der Waals surface area contributed by atoms with Crippen molar-refractivity contribution in [3.05, 3.63) is 35.7 Å². The van der Waals surface area contributed by atoms with Crippen LogP contribution >= 0.6 is 0 Å². The molecule has 5 heteroatoms. The fraction of sp³-hybridized carbons (Fsp3) is 0.312. The standard InChI is InChI=1S/C16H19N5/c1-4-9-21-11(3)14(10(2)20-21)15-16(17)19-13-8-6-5-7-12(13)18-15/h5-8H,4,9H2,1-3H3,(H2,17,19). The van der Waals surface area contributed by atoms with Crippen LogP contribution in [0.15, 0.2) is 24.3 Å². The Morgan fingerprint density at radius 2 is 1.76 bits per heavy atom. The minimum atomic E-state index is 0.455. The van der Waals surface area contributed by atoms with Gasteiger partial charge in [0.2, 0.25) is 0 Å². The second kappa shape index (κ2) is 5.16. The molecule has 0 bridgehead atoms. The van der Waals surface area contributed by atoms with Gasteiger partial charge in [-0.15, -0.1) is 0 Å². The van der Waals surface area contributed by atoms with Crippen molar-refractivity contribution >= 4 is 16.9 Å². The highest BCUT2D eigenvalue weighted by atomic mass is 15.3. The topological polar surface area (TPSA) is 69.6 Å². The molecule has 0 aliphatic heterocycles. The van der Waals surface area contributed by atoms with Crippen LogP contribution in [0.4, 0.5) is 5.82 Å². The Kier molecular flexibility index (Phi) is 3.33. The number of rotatable bonds is 3. The van der Waals surface area contributed by atoms with Gasteiger partial charge in [-0.1, -0.05) is 19.1 Å². The van der Waals surface area contributed by atoms with Gasteiger partial charge in [-0.3, -0.25) is 4.68 Å². The van der Waals surface area contributed by atoms with Crippen molar-refractivity contribution in [3.8, 4) is 11.3 Å². The average Bonchev–Trinajstić information content (AvgIpc) is 2.73. The van der Waals surface area contributed by atoms with Crippen molar-refractivity contribution in [1.82, 2.24) is 19.7 Å². The fourth-order valence-corrected chi connectivity index (χ4v) is 2.67. The first-order valence-corrected chi connectivity index (χ1v) is 7.18. The lowest BCUT2D eigenvalue weighted by Gasteiger charge is -2.07. The maximum absolute atomic E-state index is 6.13. The molecule has 0 fully saturated rings. The van der Waals surface area contributed by atoms with E-state index in [2.05, 4.69) is 23.9 Å². The molecule has 0 unspecified atom stereocenters. The van der Waals surface area contributed by atoms with E-state index in [-0.39, 0.29) is 0 Å². The maximum Gasteiger partial charge on any atom is 0.150 e. The van der Waals surface area contributed by atoms with E-state index in [0.29, 0.717) is 5.82 Å². The number of nitrogens with two attached hydrogens (primary N) is 1. The second-order valence-electron chi connectivity index (χ2n) is 5.22. The van der Waals surface area contributed by atoms with Gasteiger partial charge in [0, 0.05) is 17.8 Å². The summed E-state index contributed by atoms with van der Waals surface area (Å²) in [5.74, 6) is 0.455. The molecule has 2 heterocycles. The summed E-state index contributed by atoms with van der Waals surface area (Å²) in [7, 11) is 0. The monoisotopic (exact) mass is 281 g/mol. The van der Waals surface area contributed by atoms with Gasteiger partial charge in [0.25, 0.3) is 0 Å². The van der Waals surface area contributed by atoms with E-state index < -0.39 is 0 Å². The Labute approximate surface area is 123 Å². The quantitative estimate of drug-likeness (QED) is 0.801. The second-order valence-corrected chi connectivity index (χ2v) is 5.22. The van der Waals surface area contributed by atoms with Crippen LogP contribution in [0, 0.1) is 13.8 Å². The minimum Gasteiger partial charge on any atom is -0.382 e. The van der Waals surface area contributed by atoms with E-state index in [0.717, 1.165) is 46.6 Å². The Morgan fingerprint density at radius 3 is 2.43 bits per heavy atom. The van der Waals surface area contributed by atoms with Crippen LogP contribution in [0.5, 0.6) is 0 Å². The summed E-state index contributed by atoms with van der Waals surface area (Å²) in [4.78, 5) is 9.17. The molecule has 0 amide bonds. The molecule has 21 heavy (non-hydrogen) atoms. The normalized spacial score (nSPS) is 11.2. The highest BCUT2D eigenvalue weighted by molar-refractivity contribution is 5.83. The van der Waals surface area contributed by atoms with E-state index >= 15 is 0 Å². The summed E-state index contributed by atoms with van der Waals surface area (Å²) >= 11 is 0. The molecule has 3 aromatic rings. The summed E-state index contributed by atoms with van der Waals surface area (Å²) in [5.41, 5.74) is 11.6. The number of benzene rings is 1. The van der Waals surface area contributed by atoms with E-state index in [1.165, 1.54) is 0 Å². The first kappa shape index (κ1) is 13.5. The zero-order valence-corrected chi connectivity index (χ0v) is 12.6. The van der Waals surface area contributed by atoms with E-state index in [9.17, 15) is 0 Å². The van der Waals surface area contributed by atoms with Gasteiger partial charge in [0.15, 0.2) is 5.82 Å². The molecule has 1 aromatic carbocycles. The van der Waals surface area contributed by atoms with Crippen LogP contribution in [0.25, 0.3) is 22.3 Å². The van der Waals surface area contributed by atoms with Crippen molar-refractivity contribution in [2.45, 2.75) is 33.7 Å². The molecular formula is C16H19N5. The summed E-state index contributed by atoms with van der Waals surface area (Å²) in [6.07, 6.45) is 1.04. The number of aryl methyl sites for hydroxylation is 2. The van der Waals surface area contributed by atoms with E-state index in [1.54, 1.807) is 0 Å². The number of fused-ring (bicyclic) bond motifs is 1. The Hall–Kier alpha value is -2.43. The Morgan fingerprint density at radius 1 is 1.10 bits per heavy atom. The Bertz CT molecular complexity index is 804. The Balaban J connectivity index is 2.22. The highest BCUT2D eigenvalue weighted by Gasteiger charge is 2.18. The van der Waals surface area contributed by atoms with Crippen LogP contribution in [-0.4, -0.2) is 19.7 Å². The summed E-state index contributed by atoms with van der Waals surface area (Å²) in [5, 5.41) is 4.59. The molecule has 2 aromatic heterocycles. The largest absolute Gasteiger partial charge is 0.382 e. The molecule has 0 saturated heterocycles. The molecule has 0 radical (unpaired) electrons. The molecule has 108 valence electrons. The molecule has 0 aliphatic rings. The van der Waals surface area contributed by atoms with E-state index in [1.807, 2.05) is 35.9 Å². The van der Waals surface area contributed by atoms with Crippen LogP contribution in [-0.2, 0) is 6.54 Å². The molecule has 0 atom stereocenters. The summed E-state index contributed by atoms with van der Waals surface area (Å²) in [6.45, 7) is 7.08. The van der Waals surface area contributed by atoms with E-state index in [4.69, 9.17) is 10.7 Å². The number of para-hydroxylation sites is 2. The SMILES string of the molecule is CCCn1nc(C)c(-c2nc3ccccc3nc2N)c1C. The molecule has 2 N–H and O–H groups in total. The number of aromatic nitrogens is 4. The number of hydrogen-bond acceptors (Lipinski definition) is 4. The number of anilines is 1. The summed E-state index contributed by atoms with van der Waals surface area (Å²) < 4.78 is 2.01. The van der Waals surface area contributed by atoms with Gasteiger partial charge >= 0.3 is 0 Å². The molecular weight excluding hydrogens is 262 g/mol. The van der Waals surface area contributed by atoms with Crippen molar-refractivity contribution in [3.63, 3.8) is 0 Å².